The van der Waals surface area contributed by atoms with Gasteiger partial charge in [-0.1, -0.05) is 24.6 Å². The smallest absolute Gasteiger partial charge is 0.251 e. The number of amides is 1. The van der Waals surface area contributed by atoms with Gasteiger partial charge in [0.25, 0.3) is 5.91 Å². The maximum Gasteiger partial charge on any atom is 0.251 e. The predicted octanol–water partition coefficient (Wildman–Crippen LogP) is 4.44. The summed E-state index contributed by atoms with van der Waals surface area (Å²) in [5.41, 5.74) is 1.99. The monoisotopic (exact) mass is 560 g/mol. The number of methoxy groups -OCH3 is 1. The standard InChI is InChI=1S/C29H32N6O4S/c1-39-21-12-13-26(36)25(19-21)33-27-28(32-24-11-4-3-10-23(24)31-27)34-40(38)22-9-7-8-20(18-22)29(37)30-14-17-35-15-5-2-6-16-35/h3-4,7-13,18-19,36H,2,5-6,14-17H2,1H3,(H,30,37)(H,31,33)(H,32,34). The van der Waals surface area contributed by atoms with E-state index in [-0.39, 0.29) is 23.3 Å². The van der Waals surface area contributed by atoms with Crippen LogP contribution in [0, 0.1) is 0 Å². The molecule has 11 heteroatoms. The van der Waals surface area contributed by atoms with Crippen LogP contribution < -0.4 is 20.1 Å². The lowest BCUT2D eigenvalue weighted by Crippen LogP contribution is -2.37. The fourth-order valence-electron chi connectivity index (χ4n) is 4.54. The minimum Gasteiger partial charge on any atom is -0.506 e. The molecule has 2 heterocycles. The number of aromatic nitrogens is 2. The van der Waals surface area contributed by atoms with Crippen LogP contribution in [-0.4, -0.2) is 63.4 Å². The average Bonchev–Trinajstić information content (AvgIpc) is 2.99. The van der Waals surface area contributed by atoms with Crippen LogP contribution in [0.5, 0.6) is 11.5 Å². The lowest BCUT2D eigenvalue weighted by Gasteiger charge is -2.26. The van der Waals surface area contributed by atoms with Crippen LogP contribution in [0.3, 0.4) is 0 Å². The first-order chi connectivity index (χ1) is 19.5. The van der Waals surface area contributed by atoms with Gasteiger partial charge >= 0.3 is 0 Å². The van der Waals surface area contributed by atoms with E-state index in [1.54, 1.807) is 42.5 Å². The average molecular weight is 561 g/mol. The van der Waals surface area contributed by atoms with E-state index in [1.165, 1.54) is 32.4 Å². The number of ether oxygens (including phenoxy) is 1. The second kappa shape index (κ2) is 12.8. The third-order valence-electron chi connectivity index (χ3n) is 6.69. The predicted molar refractivity (Wildman–Crippen MR) is 157 cm³/mol. The number of rotatable bonds is 10. The first-order valence-electron chi connectivity index (χ1n) is 13.2. The minimum atomic E-state index is -1.76. The lowest BCUT2D eigenvalue weighted by atomic mass is 10.1. The highest BCUT2D eigenvalue weighted by Gasteiger charge is 2.17. The maximum atomic E-state index is 13.4. The zero-order chi connectivity index (χ0) is 27.9. The summed E-state index contributed by atoms with van der Waals surface area (Å²) >= 11 is 0. The first-order valence-corrected chi connectivity index (χ1v) is 14.3. The van der Waals surface area contributed by atoms with Crippen LogP contribution in [0.25, 0.3) is 11.0 Å². The molecule has 1 aromatic heterocycles. The number of phenolic OH excluding ortho intramolecular Hbond substituents is 1. The highest BCUT2D eigenvalue weighted by Crippen LogP contribution is 2.33. The number of aromatic hydroxyl groups is 1. The van der Waals surface area contributed by atoms with Gasteiger partial charge in [-0.15, -0.1) is 0 Å². The van der Waals surface area contributed by atoms with Crippen molar-refractivity contribution in [3.05, 3.63) is 72.3 Å². The summed E-state index contributed by atoms with van der Waals surface area (Å²) in [6.07, 6.45) is 3.68. The molecule has 1 fully saturated rings. The van der Waals surface area contributed by atoms with Gasteiger partial charge in [-0.25, -0.2) is 14.2 Å². The van der Waals surface area contributed by atoms with Crippen LogP contribution in [0.4, 0.5) is 17.3 Å². The van der Waals surface area contributed by atoms with E-state index in [0.717, 1.165) is 19.6 Å². The number of fused-ring (bicyclic) bond motifs is 1. The Morgan fingerprint density at radius 1 is 0.975 bits per heavy atom. The van der Waals surface area contributed by atoms with Crippen molar-refractivity contribution in [1.82, 2.24) is 20.2 Å². The number of hydrogen-bond donors (Lipinski definition) is 4. The normalized spacial score (nSPS) is 14.4. The first kappa shape index (κ1) is 27.4. The molecule has 1 unspecified atom stereocenters. The molecular weight excluding hydrogens is 528 g/mol. The van der Waals surface area contributed by atoms with Crippen molar-refractivity contribution < 1.29 is 18.8 Å². The van der Waals surface area contributed by atoms with Crippen LogP contribution in [0.2, 0.25) is 0 Å². The molecule has 0 bridgehead atoms. The van der Waals surface area contributed by atoms with E-state index in [2.05, 4.69) is 30.2 Å². The Bertz CT molecular complexity index is 1530. The molecule has 4 aromatic rings. The Balaban J connectivity index is 1.34. The second-order valence-electron chi connectivity index (χ2n) is 9.47. The van der Waals surface area contributed by atoms with Gasteiger partial charge in [0.05, 0.1) is 28.7 Å². The number of hydrogen-bond acceptors (Lipinski definition) is 8. The van der Waals surface area contributed by atoms with Gasteiger partial charge in [0, 0.05) is 24.7 Å². The number of anilines is 3. The maximum absolute atomic E-state index is 13.4. The van der Waals surface area contributed by atoms with Gasteiger partial charge in [0.1, 0.15) is 11.5 Å². The number of phenols is 1. The fourth-order valence-corrected chi connectivity index (χ4v) is 5.41. The van der Waals surface area contributed by atoms with E-state index in [4.69, 9.17) is 4.74 Å². The molecule has 1 aliphatic rings. The second-order valence-corrected chi connectivity index (χ2v) is 10.7. The van der Waals surface area contributed by atoms with Crippen LogP contribution >= 0.6 is 0 Å². The van der Waals surface area contributed by atoms with Gasteiger partial charge in [0.2, 0.25) is 0 Å². The number of benzene rings is 3. The Kier molecular flexibility index (Phi) is 8.72. The Morgan fingerprint density at radius 2 is 1.73 bits per heavy atom. The van der Waals surface area contributed by atoms with E-state index in [0.29, 0.717) is 39.5 Å². The van der Waals surface area contributed by atoms with Gasteiger partial charge in [0.15, 0.2) is 22.6 Å². The number of piperidine rings is 1. The molecule has 0 spiro atoms. The quantitative estimate of drug-likeness (QED) is 0.210. The number of carbonyl (C=O) groups is 1. The largest absolute Gasteiger partial charge is 0.506 e. The highest BCUT2D eigenvalue weighted by atomic mass is 32.2. The van der Waals surface area contributed by atoms with Gasteiger partial charge in [-0.05, 0) is 68.4 Å². The summed E-state index contributed by atoms with van der Waals surface area (Å²) in [4.78, 5) is 24.8. The topological polar surface area (TPSA) is 129 Å². The van der Waals surface area contributed by atoms with Crippen LogP contribution in [0.15, 0.2) is 71.6 Å². The summed E-state index contributed by atoms with van der Waals surface area (Å²) in [7, 11) is -0.228. The molecule has 5 rings (SSSR count). The molecule has 0 radical (unpaired) electrons. The third kappa shape index (κ3) is 6.67. The van der Waals surface area contributed by atoms with E-state index in [9.17, 15) is 14.1 Å². The molecular formula is C29H32N6O4S. The molecule has 40 heavy (non-hydrogen) atoms. The molecule has 1 aliphatic heterocycles. The van der Waals surface area contributed by atoms with Crippen molar-refractivity contribution in [1.29, 1.82) is 0 Å². The SMILES string of the molecule is COc1ccc(O)c(Nc2nc3ccccc3nc2NS(=O)c2cccc(C(=O)NCCN3CCCCC3)c2)c1. The molecule has 0 aliphatic carbocycles. The van der Waals surface area contributed by atoms with Crippen molar-refractivity contribution in [2.45, 2.75) is 24.2 Å². The van der Waals surface area contributed by atoms with E-state index in [1.807, 2.05) is 18.2 Å². The molecule has 4 N–H and O–H groups in total. The molecule has 10 nitrogen and oxygen atoms in total. The number of nitrogens with one attached hydrogen (secondary N) is 3. The lowest BCUT2D eigenvalue weighted by molar-refractivity contribution is 0.0946. The zero-order valence-corrected chi connectivity index (χ0v) is 23.0. The highest BCUT2D eigenvalue weighted by molar-refractivity contribution is 7.86. The van der Waals surface area contributed by atoms with Crippen molar-refractivity contribution in [2.75, 3.05) is 43.3 Å². The molecule has 1 saturated heterocycles. The van der Waals surface area contributed by atoms with Crippen molar-refractivity contribution >= 4 is 45.2 Å². The molecule has 1 amide bonds. The number of nitrogens with zero attached hydrogens (tertiary/aromatic N) is 3. The van der Waals surface area contributed by atoms with Gasteiger partial charge in [-0.3, -0.25) is 9.52 Å². The number of carbonyl (C=O) groups excluding carboxylic acids is 1. The Labute approximate surface area is 235 Å². The van der Waals surface area contributed by atoms with E-state index < -0.39 is 11.0 Å². The van der Waals surface area contributed by atoms with Gasteiger partial charge in [-0.2, -0.15) is 0 Å². The minimum absolute atomic E-state index is 0.0122. The van der Waals surface area contributed by atoms with Crippen LogP contribution in [-0.2, 0) is 11.0 Å². The molecule has 1 atom stereocenters. The van der Waals surface area contributed by atoms with Crippen molar-refractivity contribution in [3.63, 3.8) is 0 Å². The fraction of sp³-hybridized carbons (Fsp3) is 0.276. The van der Waals surface area contributed by atoms with Gasteiger partial charge < -0.3 is 25.4 Å². The third-order valence-corrected chi connectivity index (χ3v) is 7.75. The molecule has 208 valence electrons. The summed E-state index contributed by atoms with van der Waals surface area (Å²) in [5.74, 6) is 0.801. The van der Waals surface area contributed by atoms with Crippen molar-refractivity contribution in [3.8, 4) is 11.5 Å². The van der Waals surface area contributed by atoms with Crippen LogP contribution in [0.1, 0.15) is 29.6 Å². The summed E-state index contributed by atoms with van der Waals surface area (Å²) in [6.45, 7) is 3.52. The molecule has 0 saturated carbocycles. The zero-order valence-electron chi connectivity index (χ0n) is 22.2. The number of likely N-dealkylation sites (tertiary alicyclic amines) is 1. The van der Waals surface area contributed by atoms with Crippen molar-refractivity contribution in [2.24, 2.45) is 0 Å². The Hall–Kier alpha value is -4.22. The summed E-state index contributed by atoms with van der Waals surface area (Å²) in [6, 6.07) is 18.8. The summed E-state index contributed by atoms with van der Waals surface area (Å²) in [5, 5.41) is 16.4. The Morgan fingerprint density at radius 3 is 2.48 bits per heavy atom. The molecule has 3 aromatic carbocycles. The van der Waals surface area contributed by atoms with E-state index >= 15 is 0 Å². The number of para-hydroxylation sites is 2. The summed E-state index contributed by atoms with van der Waals surface area (Å²) < 4.78 is 21.6.